The van der Waals surface area contributed by atoms with Crippen LogP contribution in [0.4, 0.5) is 0 Å². The van der Waals surface area contributed by atoms with E-state index in [1.807, 2.05) is 18.2 Å². The van der Waals surface area contributed by atoms with E-state index in [9.17, 15) is 0 Å². The molecule has 0 aliphatic heterocycles. The molecule has 0 saturated heterocycles. The molecule has 10 heavy (non-hydrogen) atoms. The summed E-state index contributed by atoms with van der Waals surface area (Å²) < 4.78 is 13.1. The van der Waals surface area contributed by atoms with Crippen LogP contribution in [0, 0.1) is 0 Å². The zero-order valence-electron chi connectivity index (χ0n) is 5.03. The van der Waals surface area contributed by atoms with Gasteiger partial charge in [0, 0.05) is 0 Å². The van der Waals surface area contributed by atoms with E-state index in [1.165, 1.54) is 0 Å². The second-order valence-corrected chi connectivity index (χ2v) is 1.83. The summed E-state index contributed by atoms with van der Waals surface area (Å²) in [6.07, 6.45) is 0. The lowest BCUT2D eigenvalue weighted by Gasteiger charge is -1.88. The zero-order chi connectivity index (χ0) is 6.81. The van der Waals surface area contributed by atoms with Crippen molar-refractivity contribution in [3.8, 4) is 0 Å². The maximum Gasteiger partial charge on any atom is 0.209 e. The Hall–Kier alpha value is -1.58. The average Bonchev–Trinajstić information content (AvgIpc) is 2.05. The fourth-order valence-corrected chi connectivity index (χ4v) is 0.739. The molecule has 0 radical (unpaired) electrons. The van der Waals surface area contributed by atoms with E-state index >= 15 is 0 Å². The van der Waals surface area contributed by atoms with E-state index in [1.54, 1.807) is 6.07 Å². The summed E-state index contributed by atoms with van der Waals surface area (Å²) in [5.74, 6) is 0. The molecule has 0 spiro atoms. The van der Waals surface area contributed by atoms with Gasteiger partial charge in [-0.3, -0.25) is 0 Å². The van der Waals surface area contributed by atoms with Gasteiger partial charge in [0.1, 0.15) is 5.52 Å². The van der Waals surface area contributed by atoms with Crippen molar-refractivity contribution in [3.05, 3.63) is 24.3 Å². The molecule has 1 aromatic carbocycles. The number of fused-ring (bicyclic) bond motifs is 1. The summed E-state index contributed by atoms with van der Waals surface area (Å²) in [4.78, 5) is 0. The molecule has 2 aromatic rings. The van der Waals surface area contributed by atoms with E-state index < -0.39 is 0 Å². The summed E-state index contributed by atoms with van der Waals surface area (Å²) in [6, 6.07) is 7.29. The lowest BCUT2D eigenvalue weighted by Crippen LogP contribution is -1.73. The van der Waals surface area contributed by atoms with E-state index in [-0.39, 0.29) is 0 Å². The first kappa shape index (κ1) is 5.22. The summed E-state index contributed by atoms with van der Waals surface area (Å²) in [5.41, 5.74) is 1.38. The molecule has 0 amide bonds. The smallest absolute Gasteiger partial charge is 0.209 e. The predicted octanol–water partition coefficient (Wildman–Crippen LogP) is 2.07. The van der Waals surface area contributed by atoms with Gasteiger partial charge in [-0.1, -0.05) is 16.9 Å². The highest BCUT2D eigenvalue weighted by molar-refractivity contribution is 5.69. The van der Waals surface area contributed by atoms with E-state index in [4.69, 9.17) is 0 Å². The average molecular weight is 139 g/mol. The number of rotatable bonds is 0. The number of nitrogens with one attached hydrogen (secondary N) is 1. The van der Waals surface area contributed by atoms with Crippen molar-refractivity contribution < 1.29 is 14.0 Å². The molecule has 1 N–H and O–H groups in total. The Bertz CT molecular complexity index is 284. The molecule has 0 saturated carbocycles. The highest BCUT2D eigenvalue weighted by Gasteiger charge is 1.91. The van der Waals surface area contributed by atoms with Gasteiger partial charge in [-0.15, -0.1) is 0 Å². The minimum Gasteiger partial charge on any atom is -0.248 e. The van der Waals surface area contributed by atoms with Crippen molar-refractivity contribution in [2.45, 2.75) is 0 Å². The molecule has 0 atom stereocenters. The van der Waals surface area contributed by atoms with Gasteiger partial charge in [0.2, 0.25) is 5.58 Å². The Morgan fingerprint density at radius 1 is 1.20 bits per heavy atom. The molecule has 0 fully saturated rings. The van der Waals surface area contributed by atoms with Crippen molar-refractivity contribution in [2.75, 3.05) is 0 Å². The standard InChI is InChI=1S/C6H5NO3/c1-2-4-6-5(3-1)7-9-10-8-6/h1-4,7H. The fourth-order valence-electron chi connectivity index (χ4n) is 0.739. The first-order valence-electron chi connectivity index (χ1n) is 2.82. The van der Waals surface area contributed by atoms with Crippen molar-refractivity contribution in [3.63, 3.8) is 0 Å². The predicted molar refractivity (Wildman–Crippen MR) is 32.7 cm³/mol. The van der Waals surface area contributed by atoms with Crippen molar-refractivity contribution in [2.24, 2.45) is 0 Å². The van der Waals surface area contributed by atoms with Crippen LogP contribution in [0.15, 0.2) is 38.3 Å². The SMILES string of the molecule is c1ccc2ooo[nH]c2c1. The van der Waals surface area contributed by atoms with Gasteiger partial charge in [-0.05, 0) is 12.1 Å². The van der Waals surface area contributed by atoms with Crippen LogP contribution in [-0.4, -0.2) is 5.16 Å². The summed E-state index contributed by atoms with van der Waals surface area (Å²) >= 11 is 0. The van der Waals surface area contributed by atoms with Crippen LogP contribution >= 0.6 is 0 Å². The minimum absolute atomic E-state index is 0.619. The summed E-state index contributed by atoms with van der Waals surface area (Å²) in [6.45, 7) is 0. The first-order valence-corrected chi connectivity index (χ1v) is 2.82. The minimum atomic E-state index is 0.619. The van der Waals surface area contributed by atoms with E-state index in [0.717, 1.165) is 5.52 Å². The molecule has 4 heteroatoms. The lowest BCUT2D eigenvalue weighted by atomic mass is 10.3. The molecular weight excluding hydrogens is 134 g/mol. The molecule has 4 nitrogen and oxygen atoms in total. The van der Waals surface area contributed by atoms with Gasteiger partial charge in [-0.25, -0.2) is 4.58 Å². The number of para-hydroxylation sites is 2. The third kappa shape index (κ3) is 0.699. The molecule has 1 heterocycles. The van der Waals surface area contributed by atoms with Crippen molar-refractivity contribution >= 4 is 11.1 Å². The van der Waals surface area contributed by atoms with Crippen molar-refractivity contribution in [1.29, 1.82) is 0 Å². The molecule has 0 aliphatic carbocycles. The largest absolute Gasteiger partial charge is 0.248 e. The topological polar surface area (TPSA) is 55.2 Å². The van der Waals surface area contributed by atoms with Gasteiger partial charge in [0.25, 0.3) is 0 Å². The van der Waals surface area contributed by atoms with Crippen molar-refractivity contribution in [1.82, 2.24) is 5.16 Å². The van der Waals surface area contributed by atoms with E-state index in [0.29, 0.717) is 5.58 Å². The molecule has 0 bridgehead atoms. The second kappa shape index (κ2) is 1.98. The third-order valence-electron chi connectivity index (χ3n) is 1.20. The maximum absolute atomic E-state index is 4.64. The Labute approximate surface area is 55.5 Å². The zero-order valence-corrected chi connectivity index (χ0v) is 5.03. The second-order valence-electron chi connectivity index (χ2n) is 1.83. The van der Waals surface area contributed by atoms with E-state index in [2.05, 4.69) is 19.2 Å². The van der Waals surface area contributed by atoms with Gasteiger partial charge >= 0.3 is 0 Å². The summed E-state index contributed by atoms with van der Waals surface area (Å²) in [5, 5.41) is 2.52. The first-order chi connectivity index (χ1) is 4.97. The highest BCUT2D eigenvalue weighted by Crippen LogP contribution is 2.07. The third-order valence-corrected chi connectivity index (χ3v) is 1.20. The quantitative estimate of drug-likeness (QED) is 0.568. The van der Waals surface area contributed by atoms with Crippen LogP contribution < -0.4 is 0 Å². The fraction of sp³-hybridized carbons (Fsp3) is 0. The van der Waals surface area contributed by atoms with Crippen LogP contribution in [0.25, 0.3) is 11.1 Å². The molecule has 52 valence electrons. The van der Waals surface area contributed by atoms with Crippen LogP contribution in [0.3, 0.4) is 0 Å². The monoisotopic (exact) mass is 139 g/mol. The molecule has 1 aromatic heterocycles. The van der Waals surface area contributed by atoms with Crippen LogP contribution in [0.1, 0.15) is 0 Å². The summed E-state index contributed by atoms with van der Waals surface area (Å²) in [7, 11) is 0. The molecule has 0 unspecified atom stereocenters. The lowest BCUT2D eigenvalue weighted by molar-refractivity contribution is -0.202. The van der Waals surface area contributed by atoms with Crippen LogP contribution in [-0.2, 0) is 0 Å². The van der Waals surface area contributed by atoms with Crippen LogP contribution in [0.5, 0.6) is 0 Å². The Morgan fingerprint density at radius 3 is 3.00 bits per heavy atom. The van der Waals surface area contributed by atoms with Gasteiger partial charge in [-0.2, -0.15) is 9.84 Å². The number of aromatic nitrogens is 1. The highest BCUT2D eigenvalue weighted by atomic mass is 17.2. The van der Waals surface area contributed by atoms with Gasteiger partial charge < -0.3 is 0 Å². The molecule has 2 rings (SSSR count). The number of hydrogen-bond donors (Lipinski definition) is 1. The number of aromatic amines is 1. The number of hydrogen-bond acceptors (Lipinski definition) is 3. The Kier molecular flexibility index (Phi) is 1.04. The number of benzene rings is 1. The normalized spacial score (nSPS) is 10.0. The molecular formula is C6H5NO3. The maximum atomic E-state index is 4.64. The molecule has 0 aliphatic rings. The van der Waals surface area contributed by atoms with Crippen LogP contribution in [0.2, 0.25) is 0 Å². The van der Waals surface area contributed by atoms with Gasteiger partial charge in [0.15, 0.2) is 0 Å². The van der Waals surface area contributed by atoms with Gasteiger partial charge in [0.05, 0.1) is 0 Å². The number of H-pyrrole nitrogens is 1. The Morgan fingerprint density at radius 2 is 2.10 bits per heavy atom. The Balaban J connectivity index is 2.89.